The molecule has 1 aliphatic heterocycles. The minimum absolute atomic E-state index is 0.230. The van der Waals surface area contributed by atoms with Crippen molar-refractivity contribution in [1.82, 2.24) is 4.90 Å². The monoisotopic (exact) mass is 229 g/mol. The van der Waals surface area contributed by atoms with Crippen LogP contribution in [0.4, 0.5) is 0 Å². The quantitative estimate of drug-likeness (QED) is 0.737. The Kier molecular flexibility index (Phi) is 4.10. The molecular weight excluding hydrogens is 206 g/mol. The van der Waals surface area contributed by atoms with Crippen molar-refractivity contribution in [2.45, 2.75) is 34.1 Å². The number of hydrogen-bond donors (Lipinski definition) is 1. The van der Waals surface area contributed by atoms with Crippen LogP contribution in [0.2, 0.25) is 0 Å². The van der Waals surface area contributed by atoms with Crippen molar-refractivity contribution < 1.29 is 4.79 Å². The molecule has 1 aliphatic rings. The lowest BCUT2D eigenvalue weighted by molar-refractivity contribution is -0.128. The predicted molar refractivity (Wildman–Crippen MR) is 67.2 cm³/mol. The van der Waals surface area contributed by atoms with Gasteiger partial charge in [-0.2, -0.15) is 12.6 Å². The van der Waals surface area contributed by atoms with Gasteiger partial charge in [-0.25, -0.2) is 0 Å². The molecular formula is C12H23NOS. The van der Waals surface area contributed by atoms with E-state index in [9.17, 15) is 4.79 Å². The summed E-state index contributed by atoms with van der Waals surface area (Å²) in [6, 6.07) is 0. The van der Waals surface area contributed by atoms with Gasteiger partial charge < -0.3 is 4.90 Å². The summed E-state index contributed by atoms with van der Waals surface area (Å²) >= 11 is 4.40. The zero-order chi connectivity index (χ0) is 11.6. The summed E-state index contributed by atoms with van der Waals surface area (Å²) in [6.07, 6.45) is 0.726. The third-order valence-electron chi connectivity index (χ3n) is 3.29. The van der Waals surface area contributed by atoms with Crippen molar-refractivity contribution >= 4 is 18.5 Å². The summed E-state index contributed by atoms with van der Waals surface area (Å²) in [6.45, 7) is 10.6. The number of carbonyl (C=O) groups excluding carboxylic acids is 1. The van der Waals surface area contributed by atoms with Gasteiger partial charge in [0.25, 0.3) is 0 Å². The number of thiol groups is 1. The summed E-state index contributed by atoms with van der Waals surface area (Å²) in [4.78, 5) is 13.7. The van der Waals surface area contributed by atoms with E-state index in [1.807, 2.05) is 4.90 Å². The molecule has 1 saturated heterocycles. The van der Waals surface area contributed by atoms with E-state index in [1.54, 1.807) is 0 Å². The first-order chi connectivity index (χ1) is 6.84. The fourth-order valence-electron chi connectivity index (χ4n) is 2.02. The zero-order valence-corrected chi connectivity index (χ0v) is 11.2. The summed E-state index contributed by atoms with van der Waals surface area (Å²) in [5.74, 6) is 2.17. The highest BCUT2D eigenvalue weighted by molar-refractivity contribution is 7.80. The summed E-state index contributed by atoms with van der Waals surface area (Å²) in [7, 11) is 0. The van der Waals surface area contributed by atoms with E-state index in [0.29, 0.717) is 17.7 Å². The SMILES string of the molecule is CC1CC(=O)N(CC(CS)C(C)(C)C)C1. The Morgan fingerprint density at radius 3 is 2.47 bits per heavy atom. The maximum atomic E-state index is 11.7. The number of hydrogen-bond acceptors (Lipinski definition) is 2. The van der Waals surface area contributed by atoms with Gasteiger partial charge >= 0.3 is 0 Å². The van der Waals surface area contributed by atoms with Gasteiger partial charge in [0.1, 0.15) is 0 Å². The zero-order valence-electron chi connectivity index (χ0n) is 10.3. The average Bonchev–Trinajstić information content (AvgIpc) is 2.38. The third-order valence-corrected chi connectivity index (χ3v) is 3.73. The molecule has 0 bridgehead atoms. The normalized spacial score (nSPS) is 24.7. The smallest absolute Gasteiger partial charge is 0.222 e. The Bertz CT molecular complexity index is 234. The van der Waals surface area contributed by atoms with Gasteiger partial charge in [0.2, 0.25) is 5.91 Å². The van der Waals surface area contributed by atoms with E-state index in [-0.39, 0.29) is 5.41 Å². The number of amides is 1. The highest BCUT2D eigenvalue weighted by Gasteiger charge is 2.31. The summed E-state index contributed by atoms with van der Waals surface area (Å²) in [5, 5.41) is 0. The van der Waals surface area contributed by atoms with Crippen LogP contribution in [0.1, 0.15) is 34.1 Å². The molecule has 0 aromatic carbocycles. The number of carbonyl (C=O) groups is 1. The molecule has 2 atom stereocenters. The van der Waals surface area contributed by atoms with Gasteiger partial charge in [-0.3, -0.25) is 4.79 Å². The van der Waals surface area contributed by atoms with Crippen LogP contribution in [0.5, 0.6) is 0 Å². The molecule has 1 heterocycles. The molecule has 0 aromatic rings. The standard InChI is InChI=1S/C12H23NOS/c1-9-5-11(14)13(6-9)7-10(8-15)12(2,3)4/h9-10,15H,5-8H2,1-4H3. The second-order valence-electron chi connectivity index (χ2n) is 5.85. The van der Waals surface area contributed by atoms with E-state index in [0.717, 1.165) is 25.3 Å². The van der Waals surface area contributed by atoms with Gasteiger partial charge in [-0.1, -0.05) is 27.7 Å². The molecule has 0 N–H and O–H groups in total. The summed E-state index contributed by atoms with van der Waals surface area (Å²) < 4.78 is 0. The Labute approximate surface area is 98.8 Å². The topological polar surface area (TPSA) is 20.3 Å². The maximum Gasteiger partial charge on any atom is 0.222 e. The van der Waals surface area contributed by atoms with Gasteiger partial charge in [0.15, 0.2) is 0 Å². The van der Waals surface area contributed by atoms with Gasteiger partial charge in [-0.05, 0) is 23.0 Å². The van der Waals surface area contributed by atoms with Crippen LogP contribution in [0.3, 0.4) is 0 Å². The molecule has 2 unspecified atom stereocenters. The van der Waals surface area contributed by atoms with Crippen molar-refractivity contribution in [3.8, 4) is 0 Å². The maximum absolute atomic E-state index is 11.7. The van der Waals surface area contributed by atoms with E-state index < -0.39 is 0 Å². The van der Waals surface area contributed by atoms with E-state index in [2.05, 4.69) is 40.3 Å². The van der Waals surface area contributed by atoms with Crippen LogP contribution < -0.4 is 0 Å². The molecule has 2 nitrogen and oxygen atoms in total. The number of rotatable bonds is 3. The van der Waals surface area contributed by atoms with Gasteiger partial charge in [-0.15, -0.1) is 0 Å². The Morgan fingerprint density at radius 1 is 1.53 bits per heavy atom. The van der Waals surface area contributed by atoms with Crippen molar-refractivity contribution in [3.05, 3.63) is 0 Å². The van der Waals surface area contributed by atoms with Crippen LogP contribution in [0, 0.1) is 17.3 Å². The molecule has 1 rings (SSSR count). The highest BCUT2D eigenvalue weighted by atomic mass is 32.1. The number of nitrogens with zero attached hydrogens (tertiary/aromatic N) is 1. The molecule has 1 amide bonds. The minimum atomic E-state index is 0.230. The first kappa shape index (κ1) is 12.9. The lowest BCUT2D eigenvalue weighted by Crippen LogP contribution is -2.37. The van der Waals surface area contributed by atoms with Crippen molar-refractivity contribution in [2.24, 2.45) is 17.3 Å². The molecule has 3 heteroatoms. The molecule has 15 heavy (non-hydrogen) atoms. The fraction of sp³-hybridized carbons (Fsp3) is 0.917. The fourth-order valence-corrected chi connectivity index (χ4v) is 2.68. The van der Waals surface area contributed by atoms with E-state index in [4.69, 9.17) is 0 Å². The van der Waals surface area contributed by atoms with Gasteiger partial charge in [0, 0.05) is 19.5 Å². The van der Waals surface area contributed by atoms with Crippen molar-refractivity contribution in [1.29, 1.82) is 0 Å². The Balaban J connectivity index is 2.56. The lowest BCUT2D eigenvalue weighted by atomic mass is 9.81. The van der Waals surface area contributed by atoms with Crippen LogP contribution >= 0.6 is 12.6 Å². The summed E-state index contributed by atoms with van der Waals surface area (Å²) in [5.41, 5.74) is 0.230. The largest absolute Gasteiger partial charge is 0.342 e. The number of likely N-dealkylation sites (tertiary alicyclic amines) is 1. The predicted octanol–water partition coefficient (Wildman–Crippen LogP) is 2.45. The molecule has 0 aromatic heterocycles. The Morgan fingerprint density at radius 2 is 2.13 bits per heavy atom. The van der Waals surface area contributed by atoms with Crippen LogP contribution in [0.25, 0.3) is 0 Å². The molecule has 88 valence electrons. The first-order valence-corrected chi connectivity index (χ1v) is 6.36. The second-order valence-corrected chi connectivity index (χ2v) is 6.22. The van der Waals surface area contributed by atoms with E-state index in [1.165, 1.54) is 0 Å². The molecule has 0 saturated carbocycles. The minimum Gasteiger partial charge on any atom is -0.342 e. The van der Waals surface area contributed by atoms with Crippen LogP contribution in [0.15, 0.2) is 0 Å². The first-order valence-electron chi connectivity index (χ1n) is 5.73. The van der Waals surface area contributed by atoms with E-state index >= 15 is 0 Å². The molecule has 0 spiro atoms. The average molecular weight is 229 g/mol. The van der Waals surface area contributed by atoms with Crippen molar-refractivity contribution in [2.75, 3.05) is 18.8 Å². The van der Waals surface area contributed by atoms with Crippen LogP contribution in [-0.4, -0.2) is 29.6 Å². The molecule has 1 fully saturated rings. The highest BCUT2D eigenvalue weighted by Crippen LogP contribution is 2.29. The van der Waals surface area contributed by atoms with Gasteiger partial charge in [0.05, 0.1) is 0 Å². The molecule has 0 radical (unpaired) electrons. The second kappa shape index (κ2) is 4.77. The van der Waals surface area contributed by atoms with Crippen LogP contribution in [-0.2, 0) is 4.79 Å². The lowest BCUT2D eigenvalue weighted by Gasteiger charge is -2.33. The Hall–Kier alpha value is -0.180. The third kappa shape index (κ3) is 3.40. The molecule has 0 aliphatic carbocycles. The van der Waals surface area contributed by atoms with Crippen molar-refractivity contribution in [3.63, 3.8) is 0 Å².